The van der Waals surface area contributed by atoms with Gasteiger partial charge in [-0.25, -0.2) is 0 Å². The highest BCUT2D eigenvalue weighted by molar-refractivity contribution is 5.90. The Labute approximate surface area is 84.1 Å². The first-order valence-electron chi connectivity index (χ1n) is 4.75. The third-order valence-corrected chi connectivity index (χ3v) is 1.74. The molecular weight excluding hydrogens is 178 g/mol. The molecule has 1 rings (SSSR count). The fourth-order valence-corrected chi connectivity index (χ4v) is 1.05. The maximum atomic E-state index is 11.3. The highest BCUT2D eigenvalue weighted by Crippen LogP contribution is 2.05. The number of hydrogen-bond acceptors (Lipinski definition) is 2. The Morgan fingerprint density at radius 3 is 2.71 bits per heavy atom. The van der Waals surface area contributed by atoms with E-state index in [0.29, 0.717) is 19.6 Å². The number of ether oxygens (including phenoxy) is 1. The SMILES string of the molecule is CCOCCC(=O)Nc1ccccc1. The van der Waals surface area contributed by atoms with Crippen molar-refractivity contribution in [2.24, 2.45) is 0 Å². The lowest BCUT2D eigenvalue weighted by Gasteiger charge is -2.04. The molecule has 3 nitrogen and oxygen atoms in total. The summed E-state index contributed by atoms with van der Waals surface area (Å²) in [7, 11) is 0. The van der Waals surface area contributed by atoms with Gasteiger partial charge >= 0.3 is 0 Å². The number of carbonyl (C=O) groups is 1. The summed E-state index contributed by atoms with van der Waals surface area (Å²) >= 11 is 0. The molecule has 0 aliphatic heterocycles. The van der Waals surface area contributed by atoms with Gasteiger partial charge in [-0.3, -0.25) is 4.79 Å². The van der Waals surface area contributed by atoms with Gasteiger partial charge in [0, 0.05) is 12.3 Å². The molecule has 0 aliphatic rings. The molecule has 0 atom stereocenters. The second kappa shape index (κ2) is 6.16. The van der Waals surface area contributed by atoms with E-state index in [2.05, 4.69) is 5.32 Å². The van der Waals surface area contributed by atoms with Gasteiger partial charge in [0.2, 0.25) is 5.91 Å². The molecule has 0 saturated heterocycles. The van der Waals surface area contributed by atoms with E-state index in [9.17, 15) is 4.79 Å². The summed E-state index contributed by atoms with van der Waals surface area (Å²) in [6.45, 7) is 3.04. The van der Waals surface area contributed by atoms with Crippen LogP contribution < -0.4 is 5.32 Å². The third-order valence-electron chi connectivity index (χ3n) is 1.74. The van der Waals surface area contributed by atoms with Gasteiger partial charge < -0.3 is 10.1 Å². The highest BCUT2D eigenvalue weighted by Gasteiger charge is 2.00. The lowest BCUT2D eigenvalue weighted by Crippen LogP contribution is -2.13. The molecule has 0 saturated carbocycles. The molecule has 1 N–H and O–H groups in total. The molecule has 0 aliphatic carbocycles. The Bertz CT molecular complexity index is 272. The molecule has 0 spiro atoms. The number of benzene rings is 1. The number of amides is 1. The molecule has 0 unspecified atom stereocenters. The second-order valence-electron chi connectivity index (χ2n) is 2.86. The average Bonchev–Trinajstić information content (AvgIpc) is 2.20. The number of carbonyl (C=O) groups excluding carboxylic acids is 1. The largest absolute Gasteiger partial charge is 0.381 e. The van der Waals surface area contributed by atoms with Crippen LogP contribution in [0.25, 0.3) is 0 Å². The van der Waals surface area contributed by atoms with Gasteiger partial charge in [-0.05, 0) is 19.1 Å². The van der Waals surface area contributed by atoms with E-state index < -0.39 is 0 Å². The quantitative estimate of drug-likeness (QED) is 0.727. The molecule has 3 heteroatoms. The van der Waals surface area contributed by atoms with Crippen molar-refractivity contribution in [1.29, 1.82) is 0 Å². The van der Waals surface area contributed by atoms with Crippen molar-refractivity contribution in [1.82, 2.24) is 0 Å². The van der Waals surface area contributed by atoms with E-state index in [-0.39, 0.29) is 5.91 Å². The van der Waals surface area contributed by atoms with Crippen molar-refractivity contribution < 1.29 is 9.53 Å². The van der Waals surface area contributed by atoms with Crippen LogP contribution in [0.2, 0.25) is 0 Å². The summed E-state index contributed by atoms with van der Waals surface area (Å²) in [4.78, 5) is 11.3. The van der Waals surface area contributed by atoms with Gasteiger partial charge in [0.1, 0.15) is 0 Å². The van der Waals surface area contributed by atoms with Crippen LogP contribution in [-0.4, -0.2) is 19.1 Å². The second-order valence-corrected chi connectivity index (χ2v) is 2.86. The first-order chi connectivity index (χ1) is 6.83. The predicted molar refractivity (Wildman–Crippen MR) is 56.2 cm³/mol. The molecule has 14 heavy (non-hydrogen) atoms. The number of anilines is 1. The lowest BCUT2D eigenvalue weighted by atomic mass is 10.3. The van der Waals surface area contributed by atoms with Gasteiger partial charge in [0.15, 0.2) is 0 Å². The van der Waals surface area contributed by atoms with E-state index >= 15 is 0 Å². The van der Waals surface area contributed by atoms with E-state index in [1.165, 1.54) is 0 Å². The predicted octanol–water partition coefficient (Wildman–Crippen LogP) is 2.05. The summed E-state index contributed by atoms with van der Waals surface area (Å²) in [6.07, 6.45) is 0.405. The third kappa shape index (κ3) is 4.05. The fourth-order valence-electron chi connectivity index (χ4n) is 1.05. The highest BCUT2D eigenvalue weighted by atomic mass is 16.5. The minimum Gasteiger partial charge on any atom is -0.381 e. The van der Waals surface area contributed by atoms with Crippen molar-refractivity contribution >= 4 is 11.6 Å². The molecule has 0 aromatic heterocycles. The van der Waals surface area contributed by atoms with Crippen molar-refractivity contribution in [2.75, 3.05) is 18.5 Å². The maximum Gasteiger partial charge on any atom is 0.226 e. The smallest absolute Gasteiger partial charge is 0.226 e. The average molecular weight is 193 g/mol. The molecule has 0 heterocycles. The van der Waals surface area contributed by atoms with Gasteiger partial charge in [-0.1, -0.05) is 18.2 Å². The van der Waals surface area contributed by atoms with Crippen LogP contribution in [0.4, 0.5) is 5.69 Å². The summed E-state index contributed by atoms with van der Waals surface area (Å²) < 4.78 is 5.08. The zero-order valence-electron chi connectivity index (χ0n) is 8.32. The normalized spacial score (nSPS) is 9.79. The van der Waals surface area contributed by atoms with Crippen LogP contribution in [0, 0.1) is 0 Å². The van der Waals surface area contributed by atoms with Crippen LogP contribution in [0.3, 0.4) is 0 Å². The minimum absolute atomic E-state index is 0.00958. The van der Waals surface area contributed by atoms with E-state index in [4.69, 9.17) is 4.74 Å². The number of rotatable bonds is 5. The van der Waals surface area contributed by atoms with Crippen LogP contribution in [0.15, 0.2) is 30.3 Å². The first kappa shape index (κ1) is 10.7. The number of para-hydroxylation sites is 1. The van der Waals surface area contributed by atoms with Gasteiger partial charge in [0.25, 0.3) is 0 Å². The molecule has 0 fully saturated rings. The van der Waals surface area contributed by atoms with Crippen molar-refractivity contribution in [3.05, 3.63) is 30.3 Å². The van der Waals surface area contributed by atoms with E-state index in [0.717, 1.165) is 5.69 Å². The molecule has 0 bridgehead atoms. The Morgan fingerprint density at radius 1 is 1.36 bits per heavy atom. The van der Waals surface area contributed by atoms with Crippen LogP contribution in [-0.2, 0) is 9.53 Å². The Kier molecular flexibility index (Phi) is 4.72. The molecule has 1 aromatic carbocycles. The lowest BCUT2D eigenvalue weighted by molar-refractivity contribution is -0.117. The zero-order chi connectivity index (χ0) is 10.2. The zero-order valence-corrected chi connectivity index (χ0v) is 8.32. The Hall–Kier alpha value is -1.35. The molecule has 1 aromatic rings. The minimum atomic E-state index is -0.00958. The molecule has 0 radical (unpaired) electrons. The first-order valence-corrected chi connectivity index (χ1v) is 4.75. The fraction of sp³-hybridized carbons (Fsp3) is 0.364. The standard InChI is InChI=1S/C11H15NO2/c1-2-14-9-8-11(13)12-10-6-4-3-5-7-10/h3-7H,2,8-9H2,1H3,(H,12,13). The summed E-state index contributed by atoms with van der Waals surface area (Å²) in [6, 6.07) is 9.41. The van der Waals surface area contributed by atoms with Crippen molar-refractivity contribution in [3.63, 3.8) is 0 Å². The monoisotopic (exact) mass is 193 g/mol. The Balaban J connectivity index is 2.27. The Morgan fingerprint density at radius 2 is 2.07 bits per heavy atom. The summed E-state index contributed by atoms with van der Waals surface area (Å²) in [5.41, 5.74) is 0.828. The topological polar surface area (TPSA) is 38.3 Å². The molecule has 76 valence electrons. The number of nitrogens with one attached hydrogen (secondary N) is 1. The van der Waals surface area contributed by atoms with E-state index in [1.54, 1.807) is 0 Å². The van der Waals surface area contributed by atoms with Crippen LogP contribution >= 0.6 is 0 Å². The van der Waals surface area contributed by atoms with Crippen LogP contribution in [0.1, 0.15) is 13.3 Å². The van der Waals surface area contributed by atoms with Gasteiger partial charge in [-0.15, -0.1) is 0 Å². The number of hydrogen-bond donors (Lipinski definition) is 1. The van der Waals surface area contributed by atoms with Crippen molar-refractivity contribution in [2.45, 2.75) is 13.3 Å². The maximum absolute atomic E-state index is 11.3. The van der Waals surface area contributed by atoms with Crippen LogP contribution in [0.5, 0.6) is 0 Å². The summed E-state index contributed by atoms with van der Waals surface area (Å²) in [5.74, 6) is -0.00958. The summed E-state index contributed by atoms with van der Waals surface area (Å²) in [5, 5.41) is 2.78. The van der Waals surface area contributed by atoms with Crippen molar-refractivity contribution in [3.8, 4) is 0 Å². The van der Waals surface area contributed by atoms with Gasteiger partial charge in [-0.2, -0.15) is 0 Å². The molecular formula is C11H15NO2. The van der Waals surface area contributed by atoms with Gasteiger partial charge in [0.05, 0.1) is 13.0 Å². The molecule has 1 amide bonds. The van der Waals surface area contributed by atoms with E-state index in [1.807, 2.05) is 37.3 Å².